The van der Waals surface area contributed by atoms with Gasteiger partial charge in [0.15, 0.2) is 0 Å². The van der Waals surface area contributed by atoms with Gasteiger partial charge in [-0.15, -0.1) is 0 Å². The van der Waals surface area contributed by atoms with Crippen LogP contribution >= 0.6 is 0 Å². The van der Waals surface area contributed by atoms with E-state index in [9.17, 15) is 9.90 Å². The van der Waals surface area contributed by atoms with Crippen LogP contribution < -0.4 is 0 Å². The molecule has 0 amide bonds. The zero-order valence-corrected chi connectivity index (χ0v) is 20.0. The lowest BCUT2D eigenvalue weighted by Crippen LogP contribution is -2.51. The van der Waals surface area contributed by atoms with Gasteiger partial charge in [0.25, 0.3) is 0 Å². The molecular weight excluding hydrogens is 368 g/mol. The van der Waals surface area contributed by atoms with Gasteiger partial charge in [-0.1, -0.05) is 46.3 Å². The summed E-state index contributed by atoms with van der Waals surface area (Å²) in [6, 6.07) is 0. The van der Waals surface area contributed by atoms with E-state index in [4.69, 9.17) is 0 Å². The third kappa shape index (κ3) is 3.02. The Balaban J connectivity index is 1.34. The molecule has 0 heterocycles. The molecule has 168 valence electrons. The molecule has 4 fully saturated rings. The SMILES string of the molecule is CC(C)C(=O)C1CC1C(C)C1CCC2C3CC=C4CC(O)CCC4(C)C3CCC12C. The van der Waals surface area contributed by atoms with E-state index in [-0.39, 0.29) is 12.0 Å². The van der Waals surface area contributed by atoms with Crippen LogP contribution in [-0.4, -0.2) is 17.0 Å². The molecule has 5 aliphatic carbocycles. The molecule has 0 saturated heterocycles. The van der Waals surface area contributed by atoms with Gasteiger partial charge in [0.05, 0.1) is 6.10 Å². The number of aliphatic hydroxyl groups excluding tert-OH is 1. The topological polar surface area (TPSA) is 37.3 Å². The number of hydrogen-bond acceptors (Lipinski definition) is 2. The van der Waals surface area contributed by atoms with Gasteiger partial charge < -0.3 is 5.11 Å². The number of allylic oxidation sites excluding steroid dienone is 1. The van der Waals surface area contributed by atoms with E-state index < -0.39 is 0 Å². The highest BCUT2D eigenvalue weighted by Gasteiger charge is 2.61. The highest BCUT2D eigenvalue weighted by Crippen LogP contribution is 2.68. The van der Waals surface area contributed by atoms with Crippen LogP contribution in [0, 0.1) is 58.2 Å². The Labute approximate surface area is 184 Å². The molecule has 10 unspecified atom stereocenters. The second-order valence-corrected chi connectivity index (χ2v) is 12.8. The van der Waals surface area contributed by atoms with Crippen molar-refractivity contribution in [2.24, 2.45) is 58.2 Å². The van der Waals surface area contributed by atoms with Gasteiger partial charge in [-0.2, -0.15) is 0 Å². The fraction of sp³-hybridized carbons (Fsp3) is 0.893. The summed E-state index contributed by atoms with van der Waals surface area (Å²) in [7, 11) is 0. The summed E-state index contributed by atoms with van der Waals surface area (Å²) in [4.78, 5) is 12.6. The van der Waals surface area contributed by atoms with E-state index in [0.717, 1.165) is 42.9 Å². The summed E-state index contributed by atoms with van der Waals surface area (Å²) in [6.45, 7) is 11.8. The molecular formula is C28H44O2. The van der Waals surface area contributed by atoms with Crippen molar-refractivity contribution >= 4 is 5.78 Å². The second-order valence-electron chi connectivity index (χ2n) is 12.8. The van der Waals surface area contributed by atoms with Crippen LogP contribution in [0.25, 0.3) is 0 Å². The molecule has 2 nitrogen and oxygen atoms in total. The van der Waals surface area contributed by atoms with E-state index >= 15 is 0 Å². The minimum absolute atomic E-state index is 0.105. The number of aliphatic hydroxyl groups is 1. The molecule has 0 spiro atoms. The number of carbonyl (C=O) groups excluding carboxylic acids is 1. The number of hydrogen-bond donors (Lipinski definition) is 1. The number of ketones is 1. The first-order valence-corrected chi connectivity index (χ1v) is 13.1. The summed E-state index contributed by atoms with van der Waals surface area (Å²) < 4.78 is 0. The molecule has 0 bridgehead atoms. The van der Waals surface area contributed by atoms with Crippen LogP contribution in [0.15, 0.2) is 11.6 Å². The summed E-state index contributed by atoms with van der Waals surface area (Å²) in [6.07, 6.45) is 13.5. The van der Waals surface area contributed by atoms with E-state index in [1.165, 1.54) is 38.5 Å². The molecule has 0 aromatic rings. The zero-order valence-electron chi connectivity index (χ0n) is 20.0. The number of fused-ring (bicyclic) bond motifs is 5. The average molecular weight is 413 g/mol. The predicted octanol–water partition coefficient (Wildman–Crippen LogP) is 6.42. The van der Waals surface area contributed by atoms with Crippen molar-refractivity contribution < 1.29 is 9.90 Å². The van der Waals surface area contributed by atoms with Gasteiger partial charge in [-0.05, 0) is 104 Å². The first kappa shape index (κ1) is 21.2. The first-order chi connectivity index (χ1) is 14.2. The predicted molar refractivity (Wildman–Crippen MR) is 122 cm³/mol. The van der Waals surface area contributed by atoms with Crippen LogP contribution in [0.4, 0.5) is 0 Å². The first-order valence-electron chi connectivity index (χ1n) is 13.1. The lowest BCUT2D eigenvalue weighted by atomic mass is 9.47. The van der Waals surface area contributed by atoms with Crippen LogP contribution in [0.3, 0.4) is 0 Å². The third-order valence-corrected chi connectivity index (χ3v) is 11.2. The number of Topliss-reactive ketones (excluding diaryl/α,β-unsaturated/α-hetero) is 1. The average Bonchev–Trinajstić information content (AvgIpc) is 3.42. The van der Waals surface area contributed by atoms with Crippen molar-refractivity contribution in [1.82, 2.24) is 0 Å². The zero-order chi connectivity index (χ0) is 21.4. The Morgan fingerprint density at radius 2 is 1.83 bits per heavy atom. The van der Waals surface area contributed by atoms with Crippen molar-refractivity contribution in [3.63, 3.8) is 0 Å². The lowest BCUT2D eigenvalue weighted by Gasteiger charge is -2.58. The highest BCUT2D eigenvalue weighted by atomic mass is 16.3. The van der Waals surface area contributed by atoms with Gasteiger partial charge in [-0.3, -0.25) is 4.79 Å². The van der Waals surface area contributed by atoms with E-state index in [1.54, 1.807) is 5.57 Å². The molecule has 30 heavy (non-hydrogen) atoms. The fourth-order valence-electron chi connectivity index (χ4n) is 9.40. The molecule has 10 atom stereocenters. The maximum absolute atomic E-state index is 12.6. The summed E-state index contributed by atoms with van der Waals surface area (Å²) in [5.74, 6) is 5.80. The van der Waals surface area contributed by atoms with Gasteiger partial charge in [0, 0.05) is 11.8 Å². The maximum atomic E-state index is 12.6. The van der Waals surface area contributed by atoms with Crippen molar-refractivity contribution in [1.29, 1.82) is 0 Å². The Hall–Kier alpha value is -0.630. The van der Waals surface area contributed by atoms with Crippen LogP contribution in [-0.2, 0) is 4.79 Å². The van der Waals surface area contributed by atoms with E-state index in [1.807, 2.05) is 0 Å². The molecule has 5 aliphatic rings. The molecule has 0 radical (unpaired) electrons. The molecule has 0 aliphatic heterocycles. The smallest absolute Gasteiger partial charge is 0.138 e. The Bertz CT molecular complexity index is 737. The lowest BCUT2D eigenvalue weighted by molar-refractivity contribution is -0.123. The Kier molecular flexibility index (Phi) is 5.09. The highest BCUT2D eigenvalue weighted by molar-refractivity contribution is 5.85. The van der Waals surface area contributed by atoms with Crippen molar-refractivity contribution in [2.45, 2.75) is 98.5 Å². The minimum atomic E-state index is -0.105. The van der Waals surface area contributed by atoms with Crippen LogP contribution in [0.2, 0.25) is 0 Å². The molecule has 0 aromatic carbocycles. The van der Waals surface area contributed by atoms with Gasteiger partial charge in [-0.25, -0.2) is 0 Å². The maximum Gasteiger partial charge on any atom is 0.138 e. The molecule has 2 heteroatoms. The van der Waals surface area contributed by atoms with Crippen LogP contribution in [0.5, 0.6) is 0 Å². The van der Waals surface area contributed by atoms with Crippen molar-refractivity contribution in [2.75, 3.05) is 0 Å². The van der Waals surface area contributed by atoms with E-state index in [2.05, 4.69) is 40.7 Å². The molecule has 4 saturated carbocycles. The van der Waals surface area contributed by atoms with Crippen molar-refractivity contribution in [3.8, 4) is 0 Å². The quantitative estimate of drug-likeness (QED) is 0.541. The third-order valence-electron chi connectivity index (χ3n) is 11.2. The van der Waals surface area contributed by atoms with Crippen molar-refractivity contribution in [3.05, 3.63) is 11.6 Å². The minimum Gasteiger partial charge on any atom is -0.393 e. The van der Waals surface area contributed by atoms with E-state index in [0.29, 0.717) is 34.4 Å². The van der Waals surface area contributed by atoms with Crippen LogP contribution in [0.1, 0.15) is 92.4 Å². The molecule has 0 aromatic heterocycles. The monoisotopic (exact) mass is 412 g/mol. The normalized spacial score (nSPS) is 50.9. The fourth-order valence-corrected chi connectivity index (χ4v) is 9.40. The summed E-state index contributed by atoms with van der Waals surface area (Å²) in [5, 5.41) is 10.2. The largest absolute Gasteiger partial charge is 0.393 e. The second kappa shape index (κ2) is 7.19. The van der Waals surface area contributed by atoms with Gasteiger partial charge in [0.1, 0.15) is 5.78 Å². The van der Waals surface area contributed by atoms with Gasteiger partial charge in [0.2, 0.25) is 0 Å². The Morgan fingerprint density at radius 3 is 2.57 bits per heavy atom. The molecule has 5 rings (SSSR count). The standard InChI is InChI=1S/C28H44O2/c1-16(2)26(30)22-15-21(22)17(3)23-8-9-24-20-7-6-18-14-19(29)10-12-27(18,4)25(20)11-13-28(23,24)5/h6,16-17,19-25,29H,7-15H2,1-5H3. The molecule has 1 N–H and O–H groups in total. The number of carbonyl (C=O) groups is 1. The Morgan fingerprint density at radius 1 is 1.07 bits per heavy atom. The number of rotatable bonds is 4. The summed E-state index contributed by atoms with van der Waals surface area (Å²) >= 11 is 0. The van der Waals surface area contributed by atoms with Gasteiger partial charge >= 0.3 is 0 Å². The summed E-state index contributed by atoms with van der Waals surface area (Å²) in [5.41, 5.74) is 2.41.